The summed E-state index contributed by atoms with van der Waals surface area (Å²) in [5.41, 5.74) is 2.60. The van der Waals surface area contributed by atoms with Crippen molar-refractivity contribution in [2.24, 2.45) is 5.92 Å². The average Bonchev–Trinajstić information content (AvgIpc) is 2.38. The number of anilines is 2. The summed E-state index contributed by atoms with van der Waals surface area (Å²) >= 11 is 0. The predicted octanol–water partition coefficient (Wildman–Crippen LogP) is 2.58. The van der Waals surface area contributed by atoms with Gasteiger partial charge in [0.2, 0.25) is 0 Å². The van der Waals surface area contributed by atoms with Crippen LogP contribution in [0.1, 0.15) is 20.8 Å². The minimum absolute atomic E-state index is 0.559. The molecule has 0 aliphatic carbocycles. The molecule has 2 atom stereocenters. The van der Waals surface area contributed by atoms with Crippen LogP contribution in [-0.4, -0.2) is 39.3 Å². The molecule has 2 unspecified atom stereocenters. The zero-order chi connectivity index (χ0) is 14.0. The molecule has 0 saturated carbocycles. The summed E-state index contributed by atoms with van der Waals surface area (Å²) in [5.74, 6) is 0.661. The van der Waals surface area contributed by atoms with E-state index < -0.39 is 0 Å². The lowest BCUT2D eigenvalue weighted by Gasteiger charge is -2.43. The third-order valence-electron chi connectivity index (χ3n) is 4.01. The highest BCUT2D eigenvalue weighted by Gasteiger charge is 2.28. The molecule has 0 aromatic heterocycles. The molecule has 1 saturated heterocycles. The largest absolute Gasteiger partial charge is 0.378 e. The first-order valence-electron chi connectivity index (χ1n) is 7.26. The minimum Gasteiger partial charge on any atom is -0.378 e. The SMILES string of the molecule is CC1CN(c2ccc(N(C)C)cc2)C(C(C)C)CN1. The van der Waals surface area contributed by atoms with Crippen LogP contribution in [0.4, 0.5) is 11.4 Å². The number of piperazine rings is 1. The number of rotatable bonds is 3. The van der Waals surface area contributed by atoms with Crippen molar-refractivity contribution in [1.82, 2.24) is 5.32 Å². The van der Waals surface area contributed by atoms with Gasteiger partial charge in [0.05, 0.1) is 0 Å². The second-order valence-corrected chi connectivity index (χ2v) is 6.18. The van der Waals surface area contributed by atoms with Gasteiger partial charge in [-0.1, -0.05) is 13.8 Å². The monoisotopic (exact) mass is 261 g/mol. The molecule has 19 heavy (non-hydrogen) atoms. The van der Waals surface area contributed by atoms with E-state index in [0.717, 1.165) is 13.1 Å². The topological polar surface area (TPSA) is 18.5 Å². The van der Waals surface area contributed by atoms with Crippen LogP contribution in [-0.2, 0) is 0 Å². The lowest BCUT2D eigenvalue weighted by Crippen LogP contribution is -2.57. The highest BCUT2D eigenvalue weighted by molar-refractivity contribution is 5.56. The molecule has 1 aliphatic rings. The van der Waals surface area contributed by atoms with Crippen LogP contribution in [0.15, 0.2) is 24.3 Å². The van der Waals surface area contributed by atoms with E-state index in [2.05, 4.69) is 74.2 Å². The van der Waals surface area contributed by atoms with Crippen molar-refractivity contribution in [2.45, 2.75) is 32.9 Å². The molecule has 0 radical (unpaired) electrons. The zero-order valence-electron chi connectivity index (χ0n) is 12.9. The molecule has 1 N–H and O–H groups in total. The number of nitrogens with zero attached hydrogens (tertiary/aromatic N) is 2. The van der Waals surface area contributed by atoms with Crippen LogP contribution >= 0.6 is 0 Å². The van der Waals surface area contributed by atoms with E-state index in [1.807, 2.05) is 0 Å². The summed E-state index contributed by atoms with van der Waals surface area (Å²) in [5, 5.41) is 3.59. The average molecular weight is 261 g/mol. The summed E-state index contributed by atoms with van der Waals surface area (Å²) < 4.78 is 0. The van der Waals surface area contributed by atoms with Gasteiger partial charge in [-0.3, -0.25) is 0 Å². The zero-order valence-corrected chi connectivity index (χ0v) is 12.9. The summed E-state index contributed by atoms with van der Waals surface area (Å²) in [4.78, 5) is 4.70. The number of hydrogen-bond acceptors (Lipinski definition) is 3. The van der Waals surface area contributed by atoms with Crippen molar-refractivity contribution in [3.63, 3.8) is 0 Å². The number of benzene rings is 1. The number of hydrogen-bond donors (Lipinski definition) is 1. The first-order chi connectivity index (χ1) is 8.99. The fourth-order valence-corrected chi connectivity index (χ4v) is 2.76. The quantitative estimate of drug-likeness (QED) is 0.902. The maximum absolute atomic E-state index is 3.59. The van der Waals surface area contributed by atoms with Gasteiger partial charge in [-0.05, 0) is 37.1 Å². The van der Waals surface area contributed by atoms with Crippen molar-refractivity contribution in [2.75, 3.05) is 37.0 Å². The molecule has 0 bridgehead atoms. The molecule has 1 heterocycles. The van der Waals surface area contributed by atoms with Crippen LogP contribution in [0.25, 0.3) is 0 Å². The molecular formula is C16H27N3. The van der Waals surface area contributed by atoms with Gasteiger partial charge < -0.3 is 15.1 Å². The third kappa shape index (κ3) is 3.21. The molecule has 0 amide bonds. The molecule has 106 valence electrons. The van der Waals surface area contributed by atoms with E-state index >= 15 is 0 Å². The summed E-state index contributed by atoms with van der Waals surface area (Å²) in [7, 11) is 4.16. The molecule has 2 rings (SSSR count). The van der Waals surface area contributed by atoms with Crippen molar-refractivity contribution in [3.05, 3.63) is 24.3 Å². The Balaban J connectivity index is 2.21. The maximum atomic E-state index is 3.59. The van der Waals surface area contributed by atoms with Gasteiger partial charge in [0.15, 0.2) is 0 Å². The normalized spacial score (nSPS) is 23.8. The van der Waals surface area contributed by atoms with E-state index in [1.165, 1.54) is 11.4 Å². The van der Waals surface area contributed by atoms with Gasteiger partial charge in [0, 0.05) is 50.6 Å². The fourth-order valence-electron chi connectivity index (χ4n) is 2.76. The molecule has 1 aromatic carbocycles. The first kappa shape index (κ1) is 14.2. The van der Waals surface area contributed by atoms with Crippen molar-refractivity contribution < 1.29 is 0 Å². The van der Waals surface area contributed by atoms with Gasteiger partial charge in [-0.15, -0.1) is 0 Å². The second kappa shape index (κ2) is 5.83. The lowest BCUT2D eigenvalue weighted by molar-refractivity contribution is 0.349. The van der Waals surface area contributed by atoms with Crippen LogP contribution in [0.2, 0.25) is 0 Å². The van der Waals surface area contributed by atoms with Gasteiger partial charge in [0.1, 0.15) is 0 Å². The highest BCUT2D eigenvalue weighted by Crippen LogP contribution is 2.25. The van der Waals surface area contributed by atoms with E-state index in [0.29, 0.717) is 18.0 Å². The Morgan fingerprint density at radius 2 is 1.84 bits per heavy atom. The van der Waals surface area contributed by atoms with Crippen molar-refractivity contribution >= 4 is 11.4 Å². The Morgan fingerprint density at radius 1 is 1.21 bits per heavy atom. The first-order valence-corrected chi connectivity index (χ1v) is 7.26. The second-order valence-electron chi connectivity index (χ2n) is 6.18. The van der Waals surface area contributed by atoms with Gasteiger partial charge >= 0.3 is 0 Å². The predicted molar refractivity (Wildman–Crippen MR) is 84.2 cm³/mol. The van der Waals surface area contributed by atoms with E-state index in [1.54, 1.807) is 0 Å². The smallest absolute Gasteiger partial charge is 0.0438 e. The molecule has 0 spiro atoms. The third-order valence-corrected chi connectivity index (χ3v) is 4.01. The van der Waals surface area contributed by atoms with E-state index in [4.69, 9.17) is 0 Å². The molecule has 1 fully saturated rings. The van der Waals surface area contributed by atoms with Crippen LogP contribution in [0.3, 0.4) is 0 Å². The van der Waals surface area contributed by atoms with Gasteiger partial charge in [-0.25, -0.2) is 0 Å². The minimum atomic E-state index is 0.559. The Hall–Kier alpha value is -1.22. The standard InChI is InChI=1S/C16H27N3/c1-12(2)16-10-17-13(3)11-19(16)15-8-6-14(7-9-15)18(4)5/h6-9,12-13,16-17H,10-11H2,1-5H3. The van der Waals surface area contributed by atoms with Crippen LogP contribution < -0.4 is 15.1 Å². The number of nitrogens with one attached hydrogen (secondary N) is 1. The molecule has 3 nitrogen and oxygen atoms in total. The highest BCUT2D eigenvalue weighted by atomic mass is 15.2. The molecule has 1 aromatic rings. The summed E-state index contributed by atoms with van der Waals surface area (Å²) in [6.45, 7) is 9.04. The van der Waals surface area contributed by atoms with E-state index in [-0.39, 0.29) is 0 Å². The summed E-state index contributed by atoms with van der Waals surface area (Å²) in [6, 6.07) is 10.1. The molecular weight excluding hydrogens is 234 g/mol. The summed E-state index contributed by atoms with van der Waals surface area (Å²) in [6.07, 6.45) is 0. The maximum Gasteiger partial charge on any atom is 0.0438 e. The Labute approximate surface area is 117 Å². The Bertz CT molecular complexity index is 397. The van der Waals surface area contributed by atoms with E-state index in [9.17, 15) is 0 Å². The Kier molecular flexibility index (Phi) is 4.35. The van der Waals surface area contributed by atoms with Crippen LogP contribution in [0.5, 0.6) is 0 Å². The van der Waals surface area contributed by atoms with Crippen LogP contribution in [0, 0.1) is 5.92 Å². The van der Waals surface area contributed by atoms with Crippen molar-refractivity contribution in [1.29, 1.82) is 0 Å². The fraction of sp³-hybridized carbons (Fsp3) is 0.625. The van der Waals surface area contributed by atoms with Gasteiger partial charge in [0.25, 0.3) is 0 Å². The molecule has 3 heteroatoms. The molecule has 1 aliphatic heterocycles. The van der Waals surface area contributed by atoms with Crippen molar-refractivity contribution in [3.8, 4) is 0 Å². The Morgan fingerprint density at radius 3 is 2.37 bits per heavy atom. The van der Waals surface area contributed by atoms with Gasteiger partial charge in [-0.2, -0.15) is 0 Å². The lowest BCUT2D eigenvalue weighted by atomic mass is 9.98.